The zero-order chi connectivity index (χ0) is 16.9. The highest BCUT2D eigenvalue weighted by atomic mass is 32.2. The molecule has 4 aliphatic rings. The van der Waals surface area contributed by atoms with Crippen molar-refractivity contribution >= 4 is 15.7 Å². The SMILES string of the molecule is CS(=O)(=O)Cc1cccc(C(=O)NC23CC4CC(CC(C4)C2)C3)c1. The second-order valence-electron chi connectivity index (χ2n) is 8.42. The van der Waals surface area contributed by atoms with Crippen LogP contribution >= 0.6 is 0 Å². The molecular weight excluding hydrogens is 322 g/mol. The molecule has 0 saturated heterocycles. The summed E-state index contributed by atoms with van der Waals surface area (Å²) in [5.41, 5.74) is 1.24. The molecule has 5 rings (SSSR count). The normalized spacial score (nSPS) is 34.3. The minimum Gasteiger partial charge on any atom is -0.347 e. The molecule has 0 atom stereocenters. The molecule has 0 radical (unpaired) electrons. The summed E-state index contributed by atoms with van der Waals surface area (Å²) in [5.74, 6) is 2.28. The molecule has 0 spiro atoms. The van der Waals surface area contributed by atoms with Crippen molar-refractivity contribution in [1.82, 2.24) is 5.32 Å². The van der Waals surface area contributed by atoms with Crippen molar-refractivity contribution in [2.75, 3.05) is 6.26 Å². The maximum atomic E-state index is 12.8. The molecule has 4 nitrogen and oxygen atoms in total. The fourth-order valence-electron chi connectivity index (χ4n) is 5.68. The van der Waals surface area contributed by atoms with Gasteiger partial charge in [-0.25, -0.2) is 8.42 Å². The van der Waals surface area contributed by atoms with Gasteiger partial charge < -0.3 is 5.32 Å². The monoisotopic (exact) mass is 347 g/mol. The molecule has 5 heteroatoms. The first kappa shape index (κ1) is 16.1. The van der Waals surface area contributed by atoms with E-state index in [4.69, 9.17) is 0 Å². The summed E-state index contributed by atoms with van der Waals surface area (Å²) in [6, 6.07) is 7.04. The lowest BCUT2D eigenvalue weighted by Crippen LogP contribution is -2.59. The van der Waals surface area contributed by atoms with E-state index in [1.54, 1.807) is 24.3 Å². The Kier molecular flexibility index (Phi) is 3.75. The Morgan fingerprint density at radius 3 is 2.25 bits per heavy atom. The molecule has 0 unspecified atom stereocenters. The van der Waals surface area contributed by atoms with Gasteiger partial charge in [0.25, 0.3) is 5.91 Å². The van der Waals surface area contributed by atoms with Crippen LogP contribution in [0.5, 0.6) is 0 Å². The summed E-state index contributed by atoms with van der Waals surface area (Å²) >= 11 is 0. The van der Waals surface area contributed by atoms with E-state index in [1.165, 1.54) is 25.5 Å². The highest BCUT2D eigenvalue weighted by molar-refractivity contribution is 7.89. The van der Waals surface area contributed by atoms with Crippen LogP contribution in [-0.4, -0.2) is 26.1 Å². The summed E-state index contributed by atoms with van der Waals surface area (Å²) in [6.45, 7) is 0. The van der Waals surface area contributed by atoms with Gasteiger partial charge in [-0.05, 0) is 74.0 Å². The second-order valence-corrected chi connectivity index (χ2v) is 10.6. The second kappa shape index (κ2) is 5.58. The Hall–Kier alpha value is -1.36. The van der Waals surface area contributed by atoms with Crippen molar-refractivity contribution in [1.29, 1.82) is 0 Å². The molecule has 4 fully saturated rings. The zero-order valence-corrected chi connectivity index (χ0v) is 14.9. The lowest BCUT2D eigenvalue weighted by Gasteiger charge is -2.56. The number of nitrogens with one attached hydrogen (secondary N) is 1. The van der Waals surface area contributed by atoms with Crippen LogP contribution in [0.15, 0.2) is 24.3 Å². The molecule has 4 saturated carbocycles. The maximum absolute atomic E-state index is 12.8. The molecule has 0 aliphatic heterocycles. The van der Waals surface area contributed by atoms with E-state index >= 15 is 0 Å². The first-order valence-electron chi connectivity index (χ1n) is 8.89. The summed E-state index contributed by atoms with van der Waals surface area (Å²) in [4.78, 5) is 12.8. The predicted molar refractivity (Wildman–Crippen MR) is 93.4 cm³/mol. The van der Waals surface area contributed by atoms with Crippen LogP contribution in [-0.2, 0) is 15.6 Å². The minimum absolute atomic E-state index is 0.0152. The van der Waals surface area contributed by atoms with Gasteiger partial charge in [-0.2, -0.15) is 0 Å². The molecule has 24 heavy (non-hydrogen) atoms. The van der Waals surface area contributed by atoms with Crippen LogP contribution < -0.4 is 5.32 Å². The Labute approximate surface area is 143 Å². The third kappa shape index (κ3) is 3.23. The smallest absolute Gasteiger partial charge is 0.251 e. The van der Waals surface area contributed by atoms with Gasteiger partial charge in [-0.3, -0.25) is 4.79 Å². The van der Waals surface area contributed by atoms with E-state index in [0.29, 0.717) is 11.1 Å². The number of hydrogen-bond acceptors (Lipinski definition) is 3. The molecule has 1 amide bonds. The maximum Gasteiger partial charge on any atom is 0.251 e. The summed E-state index contributed by atoms with van der Waals surface area (Å²) < 4.78 is 23.0. The van der Waals surface area contributed by atoms with E-state index in [9.17, 15) is 13.2 Å². The van der Waals surface area contributed by atoms with Gasteiger partial charge in [0.2, 0.25) is 0 Å². The summed E-state index contributed by atoms with van der Waals surface area (Å²) in [5, 5.41) is 3.34. The quantitative estimate of drug-likeness (QED) is 0.911. The lowest BCUT2D eigenvalue weighted by atomic mass is 9.53. The highest BCUT2D eigenvalue weighted by Crippen LogP contribution is 2.55. The lowest BCUT2D eigenvalue weighted by molar-refractivity contribution is -0.0167. The third-order valence-electron chi connectivity index (χ3n) is 6.03. The molecule has 0 aromatic heterocycles. The molecular formula is C19H25NO3S. The van der Waals surface area contributed by atoms with Crippen LogP contribution in [0.25, 0.3) is 0 Å². The van der Waals surface area contributed by atoms with Crippen LogP contribution in [0.4, 0.5) is 0 Å². The van der Waals surface area contributed by atoms with Crippen molar-refractivity contribution in [3.63, 3.8) is 0 Å². The average Bonchev–Trinajstić information content (AvgIpc) is 2.43. The van der Waals surface area contributed by atoms with Gasteiger partial charge in [0, 0.05) is 17.4 Å². The topological polar surface area (TPSA) is 63.2 Å². The van der Waals surface area contributed by atoms with Gasteiger partial charge >= 0.3 is 0 Å². The number of carbonyl (C=O) groups is 1. The molecule has 1 aromatic rings. The Bertz CT molecular complexity index is 733. The molecule has 4 bridgehead atoms. The van der Waals surface area contributed by atoms with Crippen LogP contribution in [0.2, 0.25) is 0 Å². The number of rotatable bonds is 4. The van der Waals surface area contributed by atoms with Crippen LogP contribution in [0, 0.1) is 17.8 Å². The fourth-order valence-corrected chi connectivity index (χ4v) is 6.47. The average molecular weight is 347 g/mol. The minimum atomic E-state index is -3.09. The van der Waals surface area contributed by atoms with Crippen molar-refractivity contribution in [2.45, 2.75) is 49.8 Å². The molecule has 1 aromatic carbocycles. The molecule has 4 aliphatic carbocycles. The van der Waals surface area contributed by atoms with E-state index in [2.05, 4.69) is 5.32 Å². The molecule has 130 valence electrons. The Morgan fingerprint density at radius 2 is 1.71 bits per heavy atom. The predicted octanol–water partition coefficient (Wildman–Crippen LogP) is 2.93. The molecule has 1 N–H and O–H groups in total. The number of amides is 1. The van der Waals surface area contributed by atoms with Crippen LogP contribution in [0.1, 0.15) is 54.4 Å². The van der Waals surface area contributed by atoms with E-state index in [0.717, 1.165) is 37.0 Å². The molecule has 0 heterocycles. The van der Waals surface area contributed by atoms with Crippen molar-refractivity contribution in [3.8, 4) is 0 Å². The van der Waals surface area contributed by atoms with Gasteiger partial charge in [-0.15, -0.1) is 0 Å². The summed E-state index contributed by atoms with van der Waals surface area (Å²) in [6.07, 6.45) is 8.61. The van der Waals surface area contributed by atoms with Gasteiger partial charge in [-0.1, -0.05) is 12.1 Å². The number of sulfone groups is 1. The van der Waals surface area contributed by atoms with E-state index < -0.39 is 9.84 Å². The van der Waals surface area contributed by atoms with Gasteiger partial charge in [0.1, 0.15) is 0 Å². The fraction of sp³-hybridized carbons (Fsp3) is 0.632. The van der Waals surface area contributed by atoms with Crippen LogP contribution in [0.3, 0.4) is 0 Å². The highest BCUT2D eigenvalue weighted by Gasteiger charge is 2.51. The standard InChI is InChI=1S/C19H25NO3S/c1-24(22,23)12-13-3-2-4-17(8-13)18(21)20-19-9-14-5-15(10-19)7-16(6-14)11-19/h2-4,8,14-16H,5-7,9-12H2,1H3,(H,20,21). The number of carbonyl (C=O) groups excluding carboxylic acids is 1. The van der Waals surface area contributed by atoms with E-state index in [-0.39, 0.29) is 17.2 Å². The first-order valence-corrected chi connectivity index (χ1v) is 11.0. The van der Waals surface area contributed by atoms with Gasteiger partial charge in [0.05, 0.1) is 5.75 Å². The Balaban J connectivity index is 1.51. The summed E-state index contributed by atoms with van der Waals surface area (Å²) in [7, 11) is -3.09. The van der Waals surface area contributed by atoms with Crippen molar-refractivity contribution in [3.05, 3.63) is 35.4 Å². The van der Waals surface area contributed by atoms with Crippen molar-refractivity contribution in [2.24, 2.45) is 17.8 Å². The zero-order valence-electron chi connectivity index (χ0n) is 14.1. The third-order valence-corrected chi connectivity index (χ3v) is 6.89. The van der Waals surface area contributed by atoms with Gasteiger partial charge in [0.15, 0.2) is 9.84 Å². The first-order chi connectivity index (χ1) is 11.3. The van der Waals surface area contributed by atoms with Crippen molar-refractivity contribution < 1.29 is 13.2 Å². The van der Waals surface area contributed by atoms with E-state index in [1.807, 2.05) is 0 Å². The number of benzene rings is 1. The largest absolute Gasteiger partial charge is 0.347 e. The number of hydrogen-bond donors (Lipinski definition) is 1. The Morgan fingerprint density at radius 1 is 1.12 bits per heavy atom.